The topological polar surface area (TPSA) is 96.4 Å². The Morgan fingerprint density at radius 1 is 1.23 bits per heavy atom. The largest absolute Gasteiger partial charge is 0.447 e. The van der Waals surface area contributed by atoms with E-state index in [-0.39, 0.29) is 29.2 Å². The lowest BCUT2D eigenvalue weighted by atomic mass is 9.77. The third-order valence-corrected chi connectivity index (χ3v) is 9.19. The number of fused-ring (bicyclic) bond motifs is 4. The van der Waals surface area contributed by atoms with Crippen LogP contribution in [0.15, 0.2) is 48.1 Å². The molecule has 3 aliphatic carbocycles. The van der Waals surface area contributed by atoms with E-state index in [1.54, 1.807) is 6.08 Å². The highest BCUT2D eigenvalue weighted by Crippen LogP contribution is 2.64. The molecule has 1 aromatic rings. The standard InChI is InChI=1S/C29H36O6/c1-17-15-29(34-22(31)11-10-18-8-6-5-7-9-18)23(24(17)32)26-28(4,35-26)13-12-20-21(27(20,2)3)14-19(16-30)25(29)33/h5-11,14,17,20-21,23-24,26,30,32H,12-13,15-16H2,1-4H3/b11-10+,19-14-/t17-,20-,21+,23+,24-,26-,28+,29+/m0/s1. The summed E-state index contributed by atoms with van der Waals surface area (Å²) in [5.41, 5.74) is -0.929. The highest BCUT2D eigenvalue weighted by atomic mass is 16.6. The molecule has 0 aromatic heterocycles. The molecule has 1 aromatic carbocycles. The number of ketones is 1. The molecule has 2 N–H and O–H groups in total. The molecule has 6 nitrogen and oxygen atoms in total. The van der Waals surface area contributed by atoms with Crippen molar-refractivity contribution in [1.82, 2.24) is 0 Å². The van der Waals surface area contributed by atoms with E-state index < -0.39 is 47.7 Å². The molecule has 0 amide bonds. The van der Waals surface area contributed by atoms with E-state index >= 15 is 0 Å². The number of carbonyl (C=O) groups is 2. The maximum Gasteiger partial charge on any atom is 0.331 e. The van der Waals surface area contributed by atoms with Crippen LogP contribution < -0.4 is 0 Å². The lowest BCUT2D eigenvalue weighted by Crippen LogP contribution is -2.52. The zero-order chi connectivity index (χ0) is 25.2. The SMILES string of the molecule is C[C@H]1C[C@]2(OC(=O)/C=C/c3ccccc3)C(=O)/C(CO)=C\[C@@H]3[C@H](CC[C@@]4(C)O[C@H]4[C@H]2[C@H]1O)C3(C)C. The van der Waals surface area contributed by atoms with Gasteiger partial charge in [0, 0.05) is 18.1 Å². The summed E-state index contributed by atoms with van der Waals surface area (Å²) in [7, 11) is 0. The van der Waals surface area contributed by atoms with Crippen LogP contribution >= 0.6 is 0 Å². The van der Waals surface area contributed by atoms with Crippen LogP contribution in [0.3, 0.4) is 0 Å². The third kappa shape index (κ3) is 4.00. The first-order valence-electron chi connectivity index (χ1n) is 12.7. The predicted molar refractivity (Wildman–Crippen MR) is 131 cm³/mol. The van der Waals surface area contributed by atoms with Crippen molar-refractivity contribution in [2.75, 3.05) is 6.61 Å². The van der Waals surface area contributed by atoms with Crippen LogP contribution in [0.1, 0.15) is 52.5 Å². The average molecular weight is 481 g/mol. The minimum Gasteiger partial charge on any atom is -0.447 e. The molecule has 0 radical (unpaired) electrons. The first-order valence-corrected chi connectivity index (χ1v) is 12.7. The number of aliphatic hydroxyl groups is 2. The maximum absolute atomic E-state index is 14.2. The van der Waals surface area contributed by atoms with Gasteiger partial charge in [0.25, 0.3) is 0 Å². The lowest BCUT2D eigenvalue weighted by molar-refractivity contribution is -0.168. The number of benzene rings is 1. The van der Waals surface area contributed by atoms with Crippen molar-refractivity contribution in [3.63, 3.8) is 0 Å². The molecule has 3 fully saturated rings. The Hall–Kier alpha value is -2.28. The van der Waals surface area contributed by atoms with E-state index in [9.17, 15) is 19.8 Å². The normalized spacial score (nSPS) is 43.3. The summed E-state index contributed by atoms with van der Waals surface area (Å²) in [5, 5.41) is 21.5. The van der Waals surface area contributed by atoms with E-state index in [4.69, 9.17) is 9.47 Å². The van der Waals surface area contributed by atoms with Gasteiger partial charge in [-0.2, -0.15) is 0 Å². The van der Waals surface area contributed by atoms with Crippen LogP contribution in [0, 0.1) is 29.1 Å². The van der Waals surface area contributed by atoms with Crippen LogP contribution in [-0.2, 0) is 19.1 Å². The van der Waals surface area contributed by atoms with E-state index in [1.165, 1.54) is 6.08 Å². The number of carbonyl (C=O) groups excluding carboxylic acids is 2. The monoisotopic (exact) mass is 480 g/mol. The Balaban J connectivity index is 1.55. The number of aliphatic hydroxyl groups excluding tert-OH is 2. The van der Waals surface area contributed by atoms with Gasteiger partial charge in [-0.05, 0) is 54.6 Å². The number of hydrogen-bond donors (Lipinski definition) is 2. The Labute approximate surface area is 207 Å². The van der Waals surface area contributed by atoms with Gasteiger partial charge in [0.1, 0.15) is 0 Å². The Kier molecular flexibility index (Phi) is 5.86. The van der Waals surface area contributed by atoms with Gasteiger partial charge < -0.3 is 19.7 Å². The second kappa shape index (κ2) is 8.39. The molecule has 188 valence electrons. The number of hydrogen-bond acceptors (Lipinski definition) is 6. The quantitative estimate of drug-likeness (QED) is 0.388. The number of allylic oxidation sites excluding steroid dienone is 1. The molecule has 6 heteroatoms. The fraction of sp³-hybridized carbons (Fsp3) is 0.586. The Morgan fingerprint density at radius 3 is 2.63 bits per heavy atom. The van der Waals surface area contributed by atoms with E-state index in [0.29, 0.717) is 5.92 Å². The summed E-state index contributed by atoms with van der Waals surface area (Å²) >= 11 is 0. The van der Waals surface area contributed by atoms with Gasteiger partial charge in [-0.25, -0.2) is 4.79 Å². The van der Waals surface area contributed by atoms with Gasteiger partial charge in [-0.15, -0.1) is 0 Å². The Morgan fingerprint density at radius 2 is 1.94 bits per heavy atom. The first kappa shape index (κ1) is 24.4. The second-order valence-electron chi connectivity index (χ2n) is 11.8. The average Bonchev–Trinajstić information content (AvgIpc) is 3.60. The number of epoxide rings is 1. The minimum atomic E-state index is -1.59. The maximum atomic E-state index is 14.2. The lowest BCUT2D eigenvalue weighted by Gasteiger charge is -2.34. The fourth-order valence-corrected chi connectivity index (χ4v) is 6.84. The molecular formula is C29H36O6. The van der Waals surface area contributed by atoms with Crippen molar-refractivity contribution >= 4 is 17.8 Å². The summed E-state index contributed by atoms with van der Waals surface area (Å²) in [5.74, 6) is -1.45. The molecule has 0 bridgehead atoms. The van der Waals surface area contributed by atoms with Crippen molar-refractivity contribution < 1.29 is 29.3 Å². The molecule has 0 unspecified atom stereocenters. The number of rotatable bonds is 4. The van der Waals surface area contributed by atoms with Crippen molar-refractivity contribution in [2.45, 2.75) is 70.4 Å². The fourth-order valence-electron chi connectivity index (χ4n) is 6.84. The van der Waals surface area contributed by atoms with Crippen molar-refractivity contribution in [2.24, 2.45) is 29.1 Å². The Bertz CT molecular complexity index is 1070. The summed E-state index contributed by atoms with van der Waals surface area (Å²) < 4.78 is 12.3. The van der Waals surface area contributed by atoms with Crippen molar-refractivity contribution in [1.29, 1.82) is 0 Å². The number of ether oxygens (including phenoxy) is 2. The summed E-state index contributed by atoms with van der Waals surface area (Å²) in [6.07, 6.45) is 5.56. The second-order valence-corrected chi connectivity index (χ2v) is 11.8. The molecule has 4 aliphatic rings. The van der Waals surface area contributed by atoms with E-state index in [1.807, 2.05) is 50.3 Å². The molecule has 1 aliphatic heterocycles. The van der Waals surface area contributed by atoms with Gasteiger partial charge in [-0.3, -0.25) is 4.79 Å². The van der Waals surface area contributed by atoms with Gasteiger partial charge >= 0.3 is 5.97 Å². The van der Waals surface area contributed by atoms with Gasteiger partial charge in [0.05, 0.1) is 30.3 Å². The summed E-state index contributed by atoms with van der Waals surface area (Å²) in [6, 6.07) is 9.38. The van der Waals surface area contributed by atoms with Gasteiger partial charge in [0.15, 0.2) is 5.60 Å². The highest BCUT2D eigenvalue weighted by Gasteiger charge is 2.71. The van der Waals surface area contributed by atoms with Crippen molar-refractivity contribution in [3.05, 3.63) is 53.6 Å². The highest BCUT2D eigenvalue weighted by molar-refractivity contribution is 6.04. The van der Waals surface area contributed by atoms with Crippen LogP contribution in [0.2, 0.25) is 0 Å². The van der Waals surface area contributed by atoms with E-state index in [0.717, 1.165) is 18.4 Å². The zero-order valence-electron chi connectivity index (χ0n) is 20.9. The summed E-state index contributed by atoms with van der Waals surface area (Å²) in [6.45, 7) is 7.84. The minimum absolute atomic E-state index is 0.0325. The zero-order valence-corrected chi connectivity index (χ0v) is 20.9. The molecule has 35 heavy (non-hydrogen) atoms. The number of Topliss-reactive ketones (excluding diaryl/α,β-unsaturated/α-hetero) is 1. The molecular weight excluding hydrogens is 444 g/mol. The summed E-state index contributed by atoms with van der Waals surface area (Å²) in [4.78, 5) is 27.3. The van der Waals surface area contributed by atoms with Crippen LogP contribution in [0.5, 0.6) is 0 Å². The third-order valence-electron chi connectivity index (χ3n) is 9.19. The van der Waals surface area contributed by atoms with Crippen LogP contribution in [-0.4, -0.2) is 52.0 Å². The van der Waals surface area contributed by atoms with Gasteiger partial charge in [-0.1, -0.05) is 57.2 Å². The molecule has 2 saturated carbocycles. The molecule has 0 spiro atoms. The molecule has 5 rings (SSSR count). The number of esters is 1. The van der Waals surface area contributed by atoms with Gasteiger partial charge in [0.2, 0.25) is 5.78 Å². The van der Waals surface area contributed by atoms with Crippen LogP contribution in [0.25, 0.3) is 6.08 Å². The first-order chi connectivity index (χ1) is 16.5. The van der Waals surface area contributed by atoms with Crippen LogP contribution in [0.4, 0.5) is 0 Å². The molecule has 1 heterocycles. The molecule has 8 atom stereocenters. The van der Waals surface area contributed by atoms with E-state index in [2.05, 4.69) is 13.8 Å². The molecule has 1 saturated heterocycles. The predicted octanol–water partition coefficient (Wildman–Crippen LogP) is 3.71. The smallest absolute Gasteiger partial charge is 0.331 e. The van der Waals surface area contributed by atoms with Crippen molar-refractivity contribution in [3.8, 4) is 0 Å².